The molecule has 0 aliphatic rings. The van der Waals surface area contributed by atoms with Crippen LogP contribution in [-0.4, -0.2) is 29.1 Å². The average molecular weight is 377 g/mol. The van der Waals surface area contributed by atoms with E-state index in [0.717, 1.165) is 0 Å². The summed E-state index contributed by atoms with van der Waals surface area (Å²) in [5, 5.41) is 8.72. The van der Waals surface area contributed by atoms with E-state index in [9.17, 15) is 13.2 Å². The van der Waals surface area contributed by atoms with Crippen molar-refractivity contribution >= 4 is 38.1 Å². The molecule has 8 nitrogen and oxygen atoms in total. The number of carbonyl (C=O) groups is 1. The summed E-state index contributed by atoms with van der Waals surface area (Å²) in [6, 6.07) is 5.89. The van der Waals surface area contributed by atoms with Gasteiger partial charge in [0.15, 0.2) is 5.13 Å². The number of aromatic nitrogens is 3. The van der Waals surface area contributed by atoms with Crippen molar-refractivity contribution in [3.63, 3.8) is 0 Å². The predicted molar refractivity (Wildman–Crippen MR) is 95.2 cm³/mol. The molecule has 0 aliphatic carbocycles. The smallest absolute Gasteiger partial charge is 0.263 e. The lowest BCUT2D eigenvalue weighted by Crippen LogP contribution is -2.14. The molecule has 2 aromatic heterocycles. The molecule has 0 saturated carbocycles. The number of rotatable bonds is 6. The van der Waals surface area contributed by atoms with Crippen LogP contribution in [0.3, 0.4) is 0 Å². The Morgan fingerprint density at radius 2 is 2.04 bits per heavy atom. The maximum atomic E-state index is 12.2. The maximum absolute atomic E-state index is 12.2. The van der Waals surface area contributed by atoms with Crippen molar-refractivity contribution in [2.75, 3.05) is 10.0 Å². The van der Waals surface area contributed by atoms with E-state index in [-0.39, 0.29) is 10.8 Å². The van der Waals surface area contributed by atoms with Gasteiger partial charge >= 0.3 is 0 Å². The van der Waals surface area contributed by atoms with E-state index in [1.54, 1.807) is 16.3 Å². The van der Waals surface area contributed by atoms with E-state index in [0.29, 0.717) is 22.9 Å². The van der Waals surface area contributed by atoms with Crippen LogP contribution in [0.2, 0.25) is 0 Å². The first-order chi connectivity index (χ1) is 12.0. The summed E-state index contributed by atoms with van der Waals surface area (Å²) < 4.78 is 28.5. The van der Waals surface area contributed by atoms with E-state index in [2.05, 4.69) is 20.1 Å². The summed E-state index contributed by atoms with van der Waals surface area (Å²) in [5.74, 6) is -0.309. The second kappa shape index (κ2) is 7.03. The molecule has 10 heteroatoms. The van der Waals surface area contributed by atoms with Gasteiger partial charge in [-0.2, -0.15) is 5.10 Å². The van der Waals surface area contributed by atoms with Crippen molar-refractivity contribution < 1.29 is 13.2 Å². The molecule has 25 heavy (non-hydrogen) atoms. The van der Waals surface area contributed by atoms with Crippen LogP contribution < -0.4 is 10.0 Å². The molecule has 1 aromatic carbocycles. The molecule has 0 bridgehead atoms. The number of carbonyl (C=O) groups excluding carboxylic acids is 1. The van der Waals surface area contributed by atoms with Crippen LogP contribution in [0.4, 0.5) is 10.8 Å². The highest BCUT2D eigenvalue weighted by atomic mass is 32.2. The highest BCUT2D eigenvalue weighted by Crippen LogP contribution is 2.19. The largest absolute Gasteiger partial charge is 0.322 e. The summed E-state index contributed by atoms with van der Waals surface area (Å²) in [6.07, 6.45) is 4.64. The Morgan fingerprint density at radius 1 is 1.28 bits per heavy atom. The van der Waals surface area contributed by atoms with E-state index in [1.165, 1.54) is 48.0 Å². The minimum absolute atomic E-state index is 0.0829. The van der Waals surface area contributed by atoms with Gasteiger partial charge in [-0.05, 0) is 31.2 Å². The molecular weight excluding hydrogens is 362 g/mol. The second-order valence-electron chi connectivity index (χ2n) is 5.01. The van der Waals surface area contributed by atoms with Gasteiger partial charge in [0.25, 0.3) is 15.9 Å². The molecule has 2 N–H and O–H groups in total. The molecule has 3 aromatic rings. The molecule has 0 radical (unpaired) electrons. The monoisotopic (exact) mass is 377 g/mol. The third-order valence-corrected chi connectivity index (χ3v) is 5.47. The zero-order chi connectivity index (χ0) is 17.9. The average Bonchev–Trinajstić information content (AvgIpc) is 3.26. The first-order valence-electron chi connectivity index (χ1n) is 7.34. The highest BCUT2D eigenvalue weighted by molar-refractivity contribution is 7.93. The molecule has 130 valence electrons. The number of nitrogens with one attached hydrogen (secondary N) is 2. The number of nitrogens with zero attached hydrogens (tertiary/aromatic N) is 3. The van der Waals surface area contributed by atoms with Crippen LogP contribution in [0, 0.1) is 0 Å². The predicted octanol–water partition coefficient (Wildman–Crippen LogP) is 2.41. The number of aryl methyl sites for hydroxylation is 1. The quantitative estimate of drug-likeness (QED) is 0.686. The van der Waals surface area contributed by atoms with Crippen LogP contribution in [0.15, 0.2) is 53.1 Å². The van der Waals surface area contributed by atoms with Crippen LogP contribution in [0.25, 0.3) is 0 Å². The normalized spacial score (nSPS) is 11.2. The first-order valence-corrected chi connectivity index (χ1v) is 9.70. The zero-order valence-corrected chi connectivity index (χ0v) is 14.8. The Hall–Kier alpha value is -2.72. The van der Waals surface area contributed by atoms with Crippen LogP contribution >= 0.6 is 11.3 Å². The first kappa shape index (κ1) is 17.1. The third kappa shape index (κ3) is 4.03. The van der Waals surface area contributed by atoms with Gasteiger partial charge in [-0.1, -0.05) is 0 Å². The van der Waals surface area contributed by atoms with Crippen molar-refractivity contribution in [1.82, 2.24) is 14.8 Å². The molecule has 1 amide bonds. The minimum atomic E-state index is -3.71. The standard InChI is InChI=1S/C15H15N5O3S2/c1-2-20-10-11(9-17-20)14(21)18-12-3-5-13(6-4-12)25(22,23)19-15-16-7-8-24-15/h3-10H,2H2,1H3,(H,16,19)(H,18,21). The number of sulfonamides is 1. The van der Waals surface area contributed by atoms with E-state index in [4.69, 9.17) is 0 Å². The van der Waals surface area contributed by atoms with E-state index >= 15 is 0 Å². The topological polar surface area (TPSA) is 106 Å². The van der Waals surface area contributed by atoms with Crippen molar-refractivity contribution in [2.24, 2.45) is 0 Å². The summed E-state index contributed by atoms with van der Waals surface area (Å²) in [7, 11) is -3.71. The van der Waals surface area contributed by atoms with Crippen molar-refractivity contribution in [1.29, 1.82) is 0 Å². The number of hydrogen-bond acceptors (Lipinski definition) is 6. The van der Waals surface area contributed by atoms with Gasteiger partial charge in [-0.25, -0.2) is 13.4 Å². The lowest BCUT2D eigenvalue weighted by atomic mass is 10.3. The fourth-order valence-electron chi connectivity index (χ4n) is 2.02. The second-order valence-corrected chi connectivity index (χ2v) is 7.58. The van der Waals surface area contributed by atoms with Crippen molar-refractivity contribution in [3.05, 3.63) is 53.8 Å². The number of anilines is 2. The Morgan fingerprint density at radius 3 is 2.64 bits per heavy atom. The summed E-state index contributed by atoms with van der Waals surface area (Å²) in [4.78, 5) is 16.1. The lowest BCUT2D eigenvalue weighted by molar-refractivity contribution is 0.102. The Bertz CT molecular complexity index is 963. The molecule has 0 atom stereocenters. The molecule has 0 unspecified atom stereocenters. The van der Waals surface area contributed by atoms with E-state index < -0.39 is 10.0 Å². The minimum Gasteiger partial charge on any atom is -0.322 e. The molecule has 2 heterocycles. The maximum Gasteiger partial charge on any atom is 0.263 e. The molecule has 0 fully saturated rings. The number of benzene rings is 1. The van der Waals surface area contributed by atoms with Gasteiger partial charge in [0.2, 0.25) is 0 Å². The molecule has 0 saturated heterocycles. The molecule has 0 aliphatic heterocycles. The Balaban J connectivity index is 1.70. The highest BCUT2D eigenvalue weighted by Gasteiger charge is 2.16. The SMILES string of the molecule is CCn1cc(C(=O)Nc2ccc(S(=O)(=O)Nc3nccs3)cc2)cn1. The van der Waals surface area contributed by atoms with Gasteiger partial charge < -0.3 is 5.32 Å². The van der Waals surface area contributed by atoms with E-state index in [1.807, 2.05) is 6.92 Å². The number of amides is 1. The van der Waals surface area contributed by atoms with Gasteiger partial charge in [0.1, 0.15) is 0 Å². The molecule has 0 spiro atoms. The summed E-state index contributed by atoms with van der Waals surface area (Å²) in [5.41, 5.74) is 0.923. The van der Waals surface area contributed by atoms with Crippen LogP contribution in [0.5, 0.6) is 0 Å². The van der Waals surface area contributed by atoms with Crippen LogP contribution in [0.1, 0.15) is 17.3 Å². The third-order valence-electron chi connectivity index (χ3n) is 3.30. The van der Waals surface area contributed by atoms with Crippen molar-refractivity contribution in [2.45, 2.75) is 18.4 Å². The van der Waals surface area contributed by atoms with Gasteiger partial charge in [-0.3, -0.25) is 14.2 Å². The fourth-order valence-corrected chi connectivity index (χ4v) is 3.81. The van der Waals surface area contributed by atoms with Gasteiger partial charge in [0.05, 0.1) is 16.7 Å². The lowest BCUT2D eigenvalue weighted by Gasteiger charge is -2.07. The fraction of sp³-hybridized carbons (Fsp3) is 0.133. The van der Waals surface area contributed by atoms with Crippen molar-refractivity contribution in [3.8, 4) is 0 Å². The zero-order valence-electron chi connectivity index (χ0n) is 13.2. The van der Waals surface area contributed by atoms with Crippen LogP contribution in [-0.2, 0) is 16.6 Å². The molecular formula is C15H15N5O3S2. The number of thiazole rings is 1. The number of hydrogen-bond donors (Lipinski definition) is 2. The van der Waals surface area contributed by atoms with Gasteiger partial charge in [0, 0.05) is 30.0 Å². The van der Waals surface area contributed by atoms with Gasteiger partial charge in [-0.15, -0.1) is 11.3 Å². The Kier molecular flexibility index (Phi) is 4.81. The molecule has 3 rings (SSSR count). The summed E-state index contributed by atoms with van der Waals surface area (Å²) >= 11 is 1.19. The Labute approximate surface area is 148 Å². The summed E-state index contributed by atoms with van der Waals surface area (Å²) in [6.45, 7) is 2.60.